The van der Waals surface area contributed by atoms with Crippen LogP contribution in [0, 0.1) is 11.8 Å². The Balaban J connectivity index is 2.68. The summed E-state index contributed by atoms with van der Waals surface area (Å²) in [6.07, 6.45) is 0.156. The molecule has 1 fully saturated rings. The van der Waals surface area contributed by atoms with Crippen molar-refractivity contribution in [1.82, 2.24) is 0 Å². The fraction of sp³-hybridized carbons (Fsp3) is 0.857. The van der Waals surface area contributed by atoms with Gasteiger partial charge in [-0.1, -0.05) is 13.8 Å². The summed E-state index contributed by atoms with van der Waals surface area (Å²) < 4.78 is 10.3. The average molecular weight is 271 g/mol. The Labute approximate surface area is 114 Å². The summed E-state index contributed by atoms with van der Waals surface area (Å²) in [5.41, 5.74) is 4.32. The number of hydrogen-bond acceptors (Lipinski definition) is 4. The standard InChI is InChI=1S/C14H25NO4/c1-8(2)6-10(11(16)12-9(3)18-12)7-14(4,5)19-13(15)17/h8-10,12H,6-7H2,1-5H3,(H2,15,17)/t9-,10?,12?/m1/s1. The molecule has 3 atom stereocenters. The maximum absolute atomic E-state index is 12.3. The zero-order chi connectivity index (χ0) is 14.8. The van der Waals surface area contributed by atoms with Gasteiger partial charge >= 0.3 is 6.09 Å². The lowest BCUT2D eigenvalue weighted by molar-refractivity contribution is -0.126. The molecule has 0 saturated carbocycles. The molecule has 0 aromatic heterocycles. The van der Waals surface area contributed by atoms with Crippen LogP contribution in [0.2, 0.25) is 0 Å². The molecule has 1 aliphatic heterocycles. The number of hydrogen-bond donors (Lipinski definition) is 1. The first-order valence-corrected chi connectivity index (χ1v) is 6.80. The zero-order valence-electron chi connectivity index (χ0n) is 12.4. The molecule has 5 nitrogen and oxygen atoms in total. The predicted molar refractivity (Wildman–Crippen MR) is 71.7 cm³/mol. The van der Waals surface area contributed by atoms with Crippen LogP contribution in [0.1, 0.15) is 47.5 Å². The van der Waals surface area contributed by atoms with Crippen LogP contribution in [0.5, 0.6) is 0 Å². The second kappa shape index (κ2) is 5.90. The van der Waals surface area contributed by atoms with Crippen molar-refractivity contribution in [3.05, 3.63) is 0 Å². The molecule has 0 aliphatic carbocycles. The fourth-order valence-electron chi connectivity index (χ4n) is 2.49. The van der Waals surface area contributed by atoms with Crippen LogP contribution in [0.25, 0.3) is 0 Å². The lowest BCUT2D eigenvalue weighted by Gasteiger charge is -2.29. The summed E-state index contributed by atoms with van der Waals surface area (Å²) in [7, 11) is 0. The Bertz CT molecular complexity index is 351. The highest BCUT2D eigenvalue weighted by Gasteiger charge is 2.45. The number of amides is 1. The number of ether oxygens (including phenoxy) is 2. The van der Waals surface area contributed by atoms with Gasteiger partial charge in [-0.3, -0.25) is 4.79 Å². The highest BCUT2D eigenvalue weighted by molar-refractivity contribution is 5.88. The topological polar surface area (TPSA) is 81.9 Å². The van der Waals surface area contributed by atoms with Gasteiger partial charge in [0.2, 0.25) is 0 Å². The molecular weight excluding hydrogens is 246 g/mol. The minimum Gasteiger partial charge on any atom is -0.444 e. The third-order valence-corrected chi connectivity index (χ3v) is 3.26. The first-order valence-electron chi connectivity index (χ1n) is 6.80. The molecule has 0 radical (unpaired) electrons. The van der Waals surface area contributed by atoms with E-state index in [0.717, 1.165) is 6.42 Å². The lowest BCUT2D eigenvalue weighted by Crippen LogP contribution is -2.36. The first-order chi connectivity index (χ1) is 8.62. The van der Waals surface area contributed by atoms with Crippen LogP contribution >= 0.6 is 0 Å². The molecule has 1 heterocycles. The van der Waals surface area contributed by atoms with Gasteiger partial charge in [0.05, 0.1) is 6.10 Å². The van der Waals surface area contributed by atoms with Crippen molar-refractivity contribution in [2.24, 2.45) is 17.6 Å². The molecule has 2 unspecified atom stereocenters. The molecular formula is C14H25NO4. The molecule has 1 aliphatic rings. The molecule has 0 bridgehead atoms. The van der Waals surface area contributed by atoms with Crippen molar-refractivity contribution in [2.45, 2.75) is 65.3 Å². The zero-order valence-corrected chi connectivity index (χ0v) is 12.4. The van der Waals surface area contributed by atoms with Crippen molar-refractivity contribution in [1.29, 1.82) is 0 Å². The van der Waals surface area contributed by atoms with E-state index in [2.05, 4.69) is 13.8 Å². The summed E-state index contributed by atoms with van der Waals surface area (Å²) in [5, 5.41) is 0. The number of ketones is 1. The van der Waals surface area contributed by atoms with Crippen molar-refractivity contribution >= 4 is 11.9 Å². The molecule has 0 spiro atoms. The van der Waals surface area contributed by atoms with Crippen molar-refractivity contribution in [2.75, 3.05) is 0 Å². The largest absolute Gasteiger partial charge is 0.444 e. The van der Waals surface area contributed by atoms with Gasteiger partial charge in [0, 0.05) is 5.92 Å². The molecule has 1 saturated heterocycles. The SMILES string of the molecule is CC(C)CC(CC(C)(C)OC(N)=O)C(=O)C1O[C@@H]1C. The average Bonchev–Trinajstić information content (AvgIpc) is 2.90. The first kappa shape index (κ1) is 16.0. The van der Waals surface area contributed by atoms with E-state index in [1.165, 1.54) is 0 Å². The summed E-state index contributed by atoms with van der Waals surface area (Å²) >= 11 is 0. The van der Waals surface area contributed by atoms with Gasteiger partial charge in [-0.15, -0.1) is 0 Å². The molecule has 2 N–H and O–H groups in total. The molecule has 5 heteroatoms. The molecule has 110 valence electrons. The number of epoxide rings is 1. The van der Waals surface area contributed by atoms with Crippen molar-refractivity contribution in [3.63, 3.8) is 0 Å². The second-order valence-corrected chi connectivity index (χ2v) is 6.38. The molecule has 0 aromatic carbocycles. The quantitative estimate of drug-likeness (QED) is 0.720. The van der Waals surface area contributed by atoms with Gasteiger partial charge in [0.15, 0.2) is 5.78 Å². The Morgan fingerprint density at radius 1 is 1.37 bits per heavy atom. The van der Waals surface area contributed by atoms with Crippen molar-refractivity contribution in [3.8, 4) is 0 Å². The van der Waals surface area contributed by atoms with Crippen LogP contribution in [-0.2, 0) is 14.3 Å². The summed E-state index contributed by atoms with van der Waals surface area (Å²) in [4.78, 5) is 23.2. The van der Waals surface area contributed by atoms with Gasteiger partial charge in [-0.05, 0) is 39.5 Å². The molecule has 1 amide bonds. The number of carbonyl (C=O) groups excluding carboxylic acids is 2. The number of primary amides is 1. The van der Waals surface area contributed by atoms with E-state index in [1.807, 2.05) is 6.92 Å². The number of carbonyl (C=O) groups is 2. The van der Waals surface area contributed by atoms with Crippen molar-refractivity contribution < 1.29 is 19.1 Å². The summed E-state index contributed by atoms with van der Waals surface area (Å²) in [6, 6.07) is 0. The minimum atomic E-state index is -0.809. The molecule has 19 heavy (non-hydrogen) atoms. The second-order valence-electron chi connectivity index (χ2n) is 6.38. The van der Waals surface area contributed by atoms with Gasteiger partial charge < -0.3 is 15.2 Å². The van der Waals surface area contributed by atoms with E-state index >= 15 is 0 Å². The van der Waals surface area contributed by atoms with E-state index in [9.17, 15) is 9.59 Å². The summed E-state index contributed by atoms with van der Waals surface area (Å²) in [6.45, 7) is 9.57. The van der Waals surface area contributed by atoms with Gasteiger partial charge in [-0.2, -0.15) is 0 Å². The third kappa shape index (κ3) is 5.19. The van der Waals surface area contributed by atoms with Crippen LogP contribution < -0.4 is 5.73 Å². The lowest BCUT2D eigenvalue weighted by atomic mass is 9.83. The maximum Gasteiger partial charge on any atom is 0.405 e. The van der Waals surface area contributed by atoms with Gasteiger partial charge in [0.1, 0.15) is 11.7 Å². The van der Waals surface area contributed by atoms with E-state index in [1.54, 1.807) is 13.8 Å². The van der Waals surface area contributed by atoms with Gasteiger partial charge in [0.25, 0.3) is 0 Å². The Kier molecular flexibility index (Phi) is 4.96. The third-order valence-electron chi connectivity index (χ3n) is 3.26. The number of rotatable bonds is 7. The molecule has 0 aromatic rings. The van der Waals surface area contributed by atoms with Crippen LogP contribution in [0.15, 0.2) is 0 Å². The normalized spacial score (nSPS) is 24.1. The highest BCUT2D eigenvalue weighted by atomic mass is 16.6. The number of Topliss-reactive ketones (excluding diaryl/α,β-unsaturated/α-hetero) is 1. The van der Waals surface area contributed by atoms with Gasteiger partial charge in [-0.25, -0.2) is 4.79 Å². The fourth-order valence-corrected chi connectivity index (χ4v) is 2.49. The van der Waals surface area contributed by atoms with Crippen LogP contribution in [0.4, 0.5) is 4.79 Å². The Hall–Kier alpha value is -1.10. The van der Waals surface area contributed by atoms with Crippen LogP contribution in [-0.4, -0.2) is 29.7 Å². The smallest absolute Gasteiger partial charge is 0.405 e. The predicted octanol–water partition coefficient (Wildman–Crippen LogP) is 2.27. The highest BCUT2D eigenvalue weighted by Crippen LogP contribution is 2.32. The van der Waals surface area contributed by atoms with E-state index in [-0.39, 0.29) is 23.9 Å². The minimum absolute atomic E-state index is 0.0160. The molecule has 1 rings (SSSR count). The van der Waals surface area contributed by atoms with E-state index in [4.69, 9.17) is 15.2 Å². The maximum atomic E-state index is 12.3. The van der Waals surface area contributed by atoms with E-state index in [0.29, 0.717) is 12.3 Å². The monoisotopic (exact) mass is 271 g/mol. The van der Waals surface area contributed by atoms with Crippen LogP contribution in [0.3, 0.4) is 0 Å². The summed E-state index contributed by atoms with van der Waals surface area (Å²) in [5.74, 6) is 0.346. The van der Waals surface area contributed by atoms with E-state index < -0.39 is 11.7 Å². The Morgan fingerprint density at radius 2 is 1.89 bits per heavy atom. The Morgan fingerprint density at radius 3 is 2.26 bits per heavy atom. The number of nitrogens with two attached hydrogens (primary N) is 1.